The van der Waals surface area contributed by atoms with Crippen molar-refractivity contribution in [3.05, 3.63) is 53.9 Å². The summed E-state index contributed by atoms with van der Waals surface area (Å²) in [7, 11) is -3.59. The molecule has 148 valence electrons. The molecule has 0 radical (unpaired) electrons. The number of primary amides is 1. The van der Waals surface area contributed by atoms with Crippen molar-refractivity contribution >= 4 is 13.5 Å². The van der Waals surface area contributed by atoms with Gasteiger partial charge in [0.25, 0.3) is 5.91 Å². The second-order valence-corrected chi connectivity index (χ2v) is 8.06. The maximum atomic E-state index is 12.8. The van der Waals surface area contributed by atoms with Crippen LogP contribution in [0.5, 0.6) is 5.75 Å². The van der Waals surface area contributed by atoms with Gasteiger partial charge in [0.15, 0.2) is 6.23 Å². The first-order valence-corrected chi connectivity index (χ1v) is 9.91. The first-order valence-electron chi connectivity index (χ1n) is 8.30. The SMILES string of the molecule is NC(=O)c1ncn([C@@H]2O[C@H](/C=C/P3(=O)OCc4ccccc4O3)[C@@H](O)[C@H]2O)n1. The second kappa shape index (κ2) is 7.12. The summed E-state index contributed by atoms with van der Waals surface area (Å²) in [6, 6.07) is 7.04. The molecule has 3 heterocycles. The van der Waals surface area contributed by atoms with Gasteiger partial charge in [-0.15, -0.1) is 5.10 Å². The molecule has 0 saturated carbocycles. The van der Waals surface area contributed by atoms with Crippen LogP contribution in [-0.4, -0.2) is 49.2 Å². The van der Waals surface area contributed by atoms with Crippen LogP contribution in [0.1, 0.15) is 22.4 Å². The Kier molecular flexibility index (Phi) is 4.77. The summed E-state index contributed by atoms with van der Waals surface area (Å²) in [4.78, 5) is 14.8. The zero-order valence-corrected chi connectivity index (χ0v) is 15.3. The molecule has 2 aliphatic rings. The summed E-state index contributed by atoms with van der Waals surface area (Å²) in [5.41, 5.74) is 5.86. The quantitative estimate of drug-likeness (QED) is 0.605. The molecule has 12 heteroatoms. The maximum Gasteiger partial charge on any atom is 0.403 e. The highest BCUT2D eigenvalue weighted by molar-refractivity contribution is 7.57. The second-order valence-electron chi connectivity index (χ2n) is 6.24. The van der Waals surface area contributed by atoms with E-state index in [2.05, 4.69) is 10.1 Å². The van der Waals surface area contributed by atoms with Gasteiger partial charge in [-0.05, 0) is 12.1 Å². The van der Waals surface area contributed by atoms with E-state index in [-0.39, 0.29) is 12.4 Å². The number of aliphatic hydroxyl groups is 2. The zero-order chi connectivity index (χ0) is 19.9. The molecular weight excluding hydrogens is 391 g/mol. The van der Waals surface area contributed by atoms with E-state index in [4.69, 9.17) is 19.5 Å². The fourth-order valence-corrected chi connectivity index (χ4v) is 4.22. The van der Waals surface area contributed by atoms with Crippen LogP contribution < -0.4 is 10.3 Å². The van der Waals surface area contributed by atoms with E-state index < -0.39 is 38.0 Å². The van der Waals surface area contributed by atoms with Crippen LogP contribution in [-0.2, 0) is 20.4 Å². The molecule has 1 fully saturated rings. The number of rotatable bonds is 4. The van der Waals surface area contributed by atoms with Crippen LogP contribution in [0.3, 0.4) is 0 Å². The highest BCUT2D eigenvalue weighted by Crippen LogP contribution is 2.55. The van der Waals surface area contributed by atoms with Crippen molar-refractivity contribution in [2.45, 2.75) is 31.1 Å². The number of hydrogen-bond acceptors (Lipinski definition) is 9. The molecule has 0 bridgehead atoms. The van der Waals surface area contributed by atoms with Crippen LogP contribution in [0.4, 0.5) is 0 Å². The third-order valence-corrected chi connectivity index (χ3v) is 5.80. The number of aliphatic hydroxyl groups excluding tert-OH is 2. The highest BCUT2D eigenvalue weighted by atomic mass is 31.2. The third kappa shape index (κ3) is 3.46. The monoisotopic (exact) mass is 408 g/mol. The van der Waals surface area contributed by atoms with E-state index in [1.165, 1.54) is 11.9 Å². The Bertz CT molecular complexity index is 977. The molecule has 2 aromatic rings. The number of ether oxygens (including phenoxy) is 1. The summed E-state index contributed by atoms with van der Waals surface area (Å²) in [5, 5.41) is 24.2. The molecule has 2 aliphatic heterocycles. The Morgan fingerprint density at radius 1 is 1.32 bits per heavy atom. The van der Waals surface area contributed by atoms with Gasteiger partial charge < -0.3 is 25.2 Å². The van der Waals surface area contributed by atoms with Gasteiger partial charge >= 0.3 is 7.60 Å². The van der Waals surface area contributed by atoms with Crippen molar-refractivity contribution in [1.82, 2.24) is 14.8 Å². The number of nitrogens with zero attached hydrogens (tertiary/aromatic N) is 3. The molecule has 4 N–H and O–H groups in total. The maximum absolute atomic E-state index is 12.8. The molecule has 28 heavy (non-hydrogen) atoms. The van der Waals surface area contributed by atoms with E-state index in [0.29, 0.717) is 5.75 Å². The summed E-state index contributed by atoms with van der Waals surface area (Å²) < 4.78 is 30.2. The Morgan fingerprint density at radius 2 is 2.11 bits per heavy atom. The molecule has 0 aliphatic carbocycles. The van der Waals surface area contributed by atoms with Gasteiger partial charge in [0.2, 0.25) is 5.82 Å². The lowest BCUT2D eigenvalue weighted by Crippen LogP contribution is -2.31. The number of hydrogen-bond donors (Lipinski definition) is 3. The van der Waals surface area contributed by atoms with E-state index in [1.807, 2.05) is 6.07 Å². The predicted octanol–water partition coefficient (Wildman–Crippen LogP) is 0.312. The minimum Gasteiger partial charge on any atom is -0.421 e. The number of para-hydroxylation sites is 1. The van der Waals surface area contributed by atoms with Gasteiger partial charge in [-0.3, -0.25) is 9.32 Å². The first kappa shape index (κ1) is 18.8. The topological polar surface area (TPSA) is 159 Å². The number of carbonyl (C=O) groups excluding carboxylic acids is 1. The van der Waals surface area contributed by atoms with Gasteiger partial charge in [-0.25, -0.2) is 14.2 Å². The summed E-state index contributed by atoms with van der Waals surface area (Å²) in [5.74, 6) is 0.543. The normalized spacial score (nSPS) is 32.2. The summed E-state index contributed by atoms with van der Waals surface area (Å²) in [6.07, 6.45) is -2.39. The largest absolute Gasteiger partial charge is 0.421 e. The lowest BCUT2D eigenvalue weighted by atomic mass is 10.1. The molecule has 1 aromatic carbocycles. The lowest BCUT2D eigenvalue weighted by molar-refractivity contribution is -0.0346. The molecule has 1 amide bonds. The number of aromatic nitrogens is 3. The Hall–Kier alpha value is -2.56. The van der Waals surface area contributed by atoms with Crippen LogP contribution in [0.25, 0.3) is 0 Å². The van der Waals surface area contributed by atoms with E-state index in [0.717, 1.165) is 16.6 Å². The Balaban J connectivity index is 1.49. The van der Waals surface area contributed by atoms with Crippen LogP contribution >= 0.6 is 7.60 Å². The van der Waals surface area contributed by atoms with Gasteiger partial charge in [-0.2, -0.15) is 0 Å². The molecule has 1 saturated heterocycles. The van der Waals surface area contributed by atoms with E-state index in [1.54, 1.807) is 18.2 Å². The number of benzene rings is 1. The average molecular weight is 408 g/mol. The molecular formula is C16H17N4O7P. The molecule has 11 nitrogen and oxygen atoms in total. The Morgan fingerprint density at radius 3 is 2.86 bits per heavy atom. The fraction of sp³-hybridized carbons (Fsp3) is 0.312. The van der Waals surface area contributed by atoms with Crippen LogP contribution in [0.2, 0.25) is 0 Å². The molecule has 1 unspecified atom stereocenters. The smallest absolute Gasteiger partial charge is 0.403 e. The highest BCUT2D eigenvalue weighted by Gasteiger charge is 2.44. The van der Waals surface area contributed by atoms with Gasteiger partial charge in [0, 0.05) is 11.4 Å². The summed E-state index contributed by atoms with van der Waals surface area (Å²) >= 11 is 0. The minimum absolute atomic E-state index is 0.117. The Labute approximate surface area is 158 Å². The van der Waals surface area contributed by atoms with Gasteiger partial charge in [0.1, 0.15) is 30.4 Å². The summed E-state index contributed by atoms with van der Waals surface area (Å²) in [6.45, 7) is 0.117. The lowest BCUT2D eigenvalue weighted by Gasteiger charge is -2.23. The van der Waals surface area contributed by atoms with Crippen LogP contribution in [0, 0.1) is 0 Å². The number of carbonyl (C=O) groups is 1. The number of nitrogens with two attached hydrogens (primary N) is 1. The van der Waals surface area contributed by atoms with Crippen molar-refractivity contribution in [3.63, 3.8) is 0 Å². The van der Waals surface area contributed by atoms with E-state index in [9.17, 15) is 19.6 Å². The van der Waals surface area contributed by atoms with Gasteiger partial charge in [0.05, 0.1) is 6.61 Å². The zero-order valence-electron chi connectivity index (χ0n) is 14.4. The van der Waals surface area contributed by atoms with Gasteiger partial charge in [-0.1, -0.05) is 18.2 Å². The first-order chi connectivity index (χ1) is 13.4. The van der Waals surface area contributed by atoms with Crippen molar-refractivity contribution in [3.8, 4) is 5.75 Å². The molecule has 4 rings (SSSR count). The fourth-order valence-electron chi connectivity index (χ4n) is 2.87. The number of fused-ring (bicyclic) bond motifs is 1. The molecule has 1 aromatic heterocycles. The molecule has 0 spiro atoms. The minimum atomic E-state index is -3.59. The van der Waals surface area contributed by atoms with E-state index >= 15 is 0 Å². The standard InChI is InChI=1S/C16H17N4O7P/c17-14(23)15-18-8-20(19-15)16-13(22)12(21)11(26-16)5-6-28(24)25-7-9-3-1-2-4-10(9)27-28/h1-6,8,11-13,16,21-22H,7H2,(H2,17,23)/b6-5+/t11-,12-,13-,16-,28?/m1/s1. The third-order valence-electron chi connectivity index (χ3n) is 4.32. The predicted molar refractivity (Wildman–Crippen MR) is 93.1 cm³/mol. The van der Waals surface area contributed by atoms with Crippen molar-refractivity contribution < 1.29 is 33.4 Å². The van der Waals surface area contributed by atoms with Crippen molar-refractivity contribution in [2.75, 3.05) is 0 Å². The average Bonchev–Trinajstić information content (AvgIpc) is 3.27. The van der Waals surface area contributed by atoms with Crippen LogP contribution in [0.15, 0.2) is 42.5 Å². The van der Waals surface area contributed by atoms with Crippen molar-refractivity contribution in [2.24, 2.45) is 5.73 Å². The van der Waals surface area contributed by atoms with Crippen molar-refractivity contribution in [1.29, 1.82) is 0 Å². The molecule has 5 atom stereocenters. The number of amides is 1.